The molecule has 192 valence electrons. The Labute approximate surface area is 219 Å². The zero-order valence-corrected chi connectivity index (χ0v) is 21.9. The third-order valence-electron chi connectivity index (χ3n) is 6.29. The van der Waals surface area contributed by atoms with Crippen molar-refractivity contribution in [3.05, 3.63) is 57.7 Å². The quantitative estimate of drug-likeness (QED) is 0.360. The molecule has 0 unspecified atom stereocenters. The van der Waals surface area contributed by atoms with E-state index in [0.29, 0.717) is 48.4 Å². The molecule has 2 atom stereocenters. The largest absolute Gasteiger partial charge is 0.478 e. The minimum absolute atomic E-state index is 0.0372. The Morgan fingerprint density at radius 3 is 2.72 bits per heavy atom. The lowest BCUT2D eigenvalue weighted by atomic mass is 9.98. The number of nitrogen functional groups attached to an aromatic ring is 1. The maximum Gasteiger partial charge on any atom is 0.239 e. The highest BCUT2D eigenvalue weighted by Gasteiger charge is 2.26. The van der Waals surface area contributed by atoms with E-state index in [1.165, 1.54) is 12.1 Å². The molecular formula is C26H29Cl2FN4O3. The summed E-state index contributed by atoms with van der Waals surface area (Å²) in [6.45, 7) is 6.81. The number of furan rings is 1. The number of rotatable bonds is 7. The molecule has 36 heavy (non-hydrogen) atoms. The van der Waals surface area contributed by atoms with Gasteiger partial charge >= 0.3 is 0 Å². The van der Waals surface area contributed by atoms with Crippen molar-refractivity contribution >= 4 is 51.5 Å². The Bertz CT molecular complexity index is 1320. The summed E-state index contributed by atoms with van der Waals surface area (Å²) in [7, 11) is 0. The zero-order valence-electron chi connectivity index (χ0n) is 20.4. The van der Waals surface area contributed by atoms with E-state index in [9.17, 15) is 9.18 Å². The van der Waals surface area contributed by atoms with E-state index >= 15 is 0 Å². The predicted molar refractivity (Wildman–Crippen MR) is 140 cm³/mol. The maximum atomic E-state index is 14.0. The van der Waals surface area contributed by atoms with Gasteiger partial charge in [0.1, 0.15) is 11.9 Å². The first-order valence-corrected chi connectivity index (χ1v) is 12.5. The third-order valence-corrected chi connectivity index (χ3v) is 7.00. The van der Waals surface area contributed by atoms with Crippen molar-refractivity contribution in [1.29, 1.82) is 0 Å². The fraction of sp³-hybridized carbons (Fsp3) is 0.385. The van der Waals surface area contributed by atoms with Gasteiger partial charge in [0.2, 0.25) is 11.7 Å². The highest BCUT2D eigenvalue weighted by atomic mass is 35.5. The topological polar surface area (TPSA) is 108 Å². The van der Waals surface area contributed by atoms with Gasteiger partial charge in [-0.3, -0.25) is 4.79 Å². The highest BCUT2D eigenvalue weighted by Crippen LogP contribution is 2.41. The van der Waals surface area contributed by atoms with Crippen molar-refractivity contribution in [3.8, 4) is 5.75 Å². The summed E-state index contributed by atoms with van der Waals surface area (Å²) in [5.74, 6) is 0.0509. The number of ether oxygens (including phenoxy) is 1. The second kappa shape index (κ2) is 10.7. The number of nitrogens with two attached hydrogens (primary N) is 2. The summed E-state index contributed by atoms with van der Waals surface area (Å²) in [4.78, 5) is 18.7. The smallest absolute Gasteiger partial charge is 0.239 e. The molecule has 1 aliphatic heterocycles. The number of anilines is 1. The van der Waals surface area contributed by atoms with Crippen LogP contribution in [0.3, 0.4) is 0 Å². The van der Waals surface area contributed by atoms with Gasteiger partial charge in [-0.25, -0.2) is 9.37 Å². The molecule has 10 heteroatoms. The Morgan fingerprint density at radius 2 is 2.06 bits per heavy atom. The van der Waals surface area contributed by atoms with Crippen LogP contribution in [-0.4, -0.2) is 34.9 Å². The van der Waals surface area contributed by atoms with Gasteiger partial charge < -0.3 is 25.5 Å². The minimum Gasteiger partial charge on any atom is -0.478 e. The van der Waals surface area contributed by atoms with Gasteiger partial charge in [-0.1, -0.05) is 43.1 Å². The SMILES string of the molecule is CC(C)C[C@@H](N)C(=O)N1CC=C(c2coc3c(O[C@H](C)c4c(Cl)ccc(F)c4Cl)c(N)ncc23)CC1. The van der Waals surface area contributed by atoms with Gasteiger partial charge in [0.15, 0.2) is 11.4 Å². The molecule has 0 spiro atoms. The van der Waals surface area contributed by atoms with E-state index < -0.39 is 18.0 Å². The number of carbonyl (C=O) groups excluding carboxylic acids is 1. The van der Waals surface area contributed by atoms with Crippen molar-refractivity contribution in [2.75, 3.05) is 18.8 Å². The third kappa shape index (κ3) is 5.16. The molecule has 0 bridgehead atoms. The molecule has 1 aromatic carbocycles. The molecular weight excluding hydrogens is 506 g/mol. The van der Waals surface area contributed by atoms with Gasteiger partial charge in [0.05, 0.1) is 22.7 Å². The number of carbonyl (C=O) groups is 1. The number of aromatic nitrogens is 1. The van der Waals surface area contributed by atoms with Crippen LogP contribution in [0.25, 0.3) is 16.5 Å². The fourth-order valence-corrected chi connectivity index (χ4v) is 5.13. The summed E-state index contributed by atoms with van der Waals surface area (Å²) in [5.41, 5.74) is 14.8. The van der Waals surface area contributed by atoms with E-state index in [1.54, 1.807) is 24.3 Å². The predicted octanol–water partition coefficient (Wildman–Crippen LogP) is 5.99. The first-order valence-electron chi connectivity index (χ1n) is 11.8. The van der Waals surface area contributed by atoms with E-state index in [4.69, 9.17) is 43.8 Å². The second-order valence-electron chi connectivity index (χ2n) is 9.38. The van der Waals surface area contributed by atoms with Gasteiger partial charge in [0.25, 0.3) is 0 Å². The molecule has 0 aliphatic carbocycles. The number of halogens is 3. The molecule has 3 aromatic rings. The summed E-state index contributed by atoms with van der Waals surface area (Å²) in [5, 5.41) is 0.867. The normalized spacial score (nSPS) is 15.8. The van der Waals surface area contributed by atoms with Crippen LogP contribution >= 0.6 is 23.2 Å². The summed E-state index contributed by atoms with van der Waals surface area (Å²) < 4.78 is 26.0. The first kappa shape index (κ1) is 26.3. The Kier molecular flexibility index (Phi) is 7.78. The number of nitrogens with zero attached hydrogens (tertiary/aromatic N) is 2. The first-order chi connectivity index (χ1) is 17.1. The molecule has 4 rings (SSSR count). The molecule has 1 aliphatic rings. The standard InChI is InChI=1S/C26H29Cl2FN4O3/c1-13(2)10-20(30)26(34)33-8-6-15(7-9-33)17-12-35-23-16(17)11-32-25(31)24(23)36-14(3)21-18(27)4-5-19(29)22(21)28/h4-6,11-14,20H,7-10,30H2,1-3H3,(H2,31,32)/t14-,20-/m1/s1. The van der Waals surface area contributed by atoms with Crippen LogP contribution in [0.5, 0.6) is 5.75 Å². The monoisotopic (exact) mass is 534 g/mol. The van der Waals surface area contributed by atoms with Crippen LogP contribution in [0.2, 0.25) is 10.0 Å². The number of hydrogen-bond donors (Lipinski definition) is 2. The van der Waals surface area contributed by atoms with E-state index in [-0.39, 0.29) is 27.5 Å². The number of hydrogen-bond acceptors (Lipinski definition) is 6. The lowest BCUT2D eigenvalue weighted by molar-refractivity contribution is -0.132. The number of pyridine rings is 1. The summed E-state index contributed by atoms with van der Waals surface area (Å²) >= 11 is 12.4. The average molecular weight is 535 g/mol. The molecule has 3 heterocycles. The maximum absolute atomic E-state index is 14.0. The van der Waals surface area contributed by atoms with Crippen LogP contribution in [0.15, 0.2) is 35.1 Å². The van der Waals surface area contributed by atoms with Crippen LogP contribution in [0.1, 0.15) is 50.8 Å². The summed E-state index contributed by atoms with van der Waals surface area (Å²) in [6, 6.07) is 2.12. The van der Waals surface area contributed by atoms with E-state index in [0.717, 1.165) is 11.1 Å². The number of benzene rings is 1. The molecule has 2 aromatic heterocycles. The van der Waals surface area contributed by atoms with Crippen molar-refractivity contribution in [2.45, 2.75) is 45.8 Å². The van der Waals surface area contributed by atoms with Gasteiger partial charge in [-0.05, 0) is 43.4 Å². The zero-order chi connectivity index (χ0) is 26.1. The highest BCUT2D eigenvalue weighted by molar-refractivity contribution is 6.36. The molecule has 0 radical (unpaired) electrons. The lowest BCUT2D eigenvalue weighted by Gasteiger charge is -2.29. The molecule has 0 fully saturated rings. The molecule has 4 N–H and O–H groups in total. The lowest BCUT2D eigenvalue weighted by Crippen LogP contribution is -2.45. The molecule has 0 saturated heterocycles. The van der Waals surface area contributed by atoms with Crippen LogP contribution in [0, 0.1) is 11.7 Å². The Balaban J connectivity index is 1.59. The summed E-state index contributed by atoms with van der Waals surface area (Å²) in [6.07, 6.45) is 5.81. The molecule has 7 nitrogen and oxygen atoms in total. The Hall–Kier alpha value is -2.81. The van der Waals surface area contributed by atoms with E-state index in [1.807, 2.05) is 19.9 Å². The fourth-order valence-electron chi connectivity index (χ4n) is 4.45. The number of fused-ring (bicyclic) bond motifs is 1. The van der Waals surface area contributed by atoms with E-state index in [2.05, 4.69) is 4.98 Å². The van der Waals surface area contributed by atoms with Crippen molar-refractivity contribution < 1.29 is 18.3 Å². The second-order valence-corrected chi connectivity index (χ2v) is 10.2. The van der Waals surface area contributed by atoms with Crippen LogP contribution in [-0.2, 0) is 4.79 Å². The van der Waals surface area contributed by atoms with Crippen LogP contribution < -0.4 is 16.2 Å². The van der Waals surface area contributed by atoms with Gasteiger partial charge in [-0.2, -0.15) is 0 Å². The van der Waals surface area contributed by atoms with Crippen LogP contribution in [0.4, 0.5) is 10.2 Å². The van der Waals surface area contributed by atoms with Crippen molar-refractivity contribution in [2.24, 2.45) is 11.7 Å². The van der Waals surface area contributed by atoms with Gasteiger partial charge in [-0.15, -0.1) is 0 Å². The average Bonchev–Trinajstić information content (AvgIpc) is 3.27. The Morgan fingerprint density at radius 1 is 1.31 bits per heavy atom. The van der Waals surface area contributed by atoms with Crippen molar-refractivity contribution in [1.82, 2.24) is 9.88 Å². The molecule has 0 saturated carbocycles. The number of amides is 1. The van der Waals surface area contributed by atoms with Gasteiger partial charge in [0, 0.05) is 35.4 Å². The molecule has 1 amide bonds. The minimum atomic E-state index is -0.729. The van der Waals surface area contributed by atoms with Crippen molar-refractivity contribution in [3.63, 3.8) is 0 Å².